The predicted molar refractivity (Wildman–Crippen MR) is 178 cm³/mol. The summed E-state index contributed by atoms with van der Waals surface area (Å²) in [5.41, 5.74) is 9.71. The zero-order valence-corrected chi connectivity index (χ0v) is 27.8. The van der Waals surface area contributed by atoms with Gasteiger partial charge in [-0.05, 0) is 84.9 Å². The molecule has 1 amide bonds. The van der Waals surface area contributed by atoms with Crippen LogP contribution in [0.25, 0.3) is 11.1 Å². The highest BCUT2D eigenvalue weighted by molar-refractivity contribution is 6.44. The summed E-state index contributed by atoms with van der Waals surface area (Å²) in [4.78, 5) is 18.4. The normalized spacial score (nSPS) is 26.8. The molecule has 0 atom stereocenters. The van der Waals surface area contributed by atoms with Crippen LogP contribution >= 0.6 is 23.2 Å². The van der Waals surface area contributed by atoms with Crippen LogP contribution in [0.1, 0.15) is 76.1 Å². The van der Waals surface area contributed by atoms with Crippen molar-refractivity contribution >= 4 is 46.8 Å². The van der Waals surface area contributed by atoms with Gasteiger partial charge in [-0.3, -0.25) is 9.48 Å². The van der Waals surface area contributed by atoms with Crippen molar-refractivity contribution in [1.82, 2.24) is 19.6 Å². The van der Waals surface area contributed by atoms with Gasteiger partial charge in [0.15, 0.2) is 5.82 Å². The average Bonchev–Trinajstić information content (AvgIpc) is 3.49. The van der Waals surface area contributed by atoms with Gasteiger partial charge in [0.05, 0.1) is 21.7 Å². The predicted octanol–water partition coefficient (Wildman–Crippen LogP) is 5.69. The lowest BCUT2D eigenvalue weighted by molar-refractivity contribution is -0.149. The second-order valence-corrected chi connectivity index (χ2v) is 15.3. The number of likely N-dealkylation sites (tertiary alicyclic amines) is 1. The number of rotatable bonds is 5. The van der Waals surface area contributed by atoms with E-state index in [1.165, 1.54) is 18.7 Å². The van der Waals surface area contributed by atoms with Gasteiger partial charge in [-0.1, -0.05) is 29.8 Å². The summed E-state index contributed by atoms with van der Waals surface area (Å²) in [5.74, 6) is 0.880. The summed E-state index contributed by atoms with van der Waals surface area (Å²) in [7, 11) is 2.08. The Hall–Kier alpha value is -2.59. The fourth-order valence-electron chi connectivity index (χ4n) is 8.33. The lowest BCUT2D eigenvalue weighted by atomic mass is 9.60. The van der Waals surface area contributed by atoms with Crippen LogP contribution in [-0.4, -0.2) is 87.2 Å². The van der Waals surface area contributed by atoms with Crippen LogP contribution in [0.5, 0.6) is 0 Å². The summed E-state index contributed by atoms with van der Waals surface area (Å²) < 4.78 is 2.14. The van der Waals surface area contributed by atoms with Crippen molar-refractivity contribution in [2.45, 2.75) is 88.9 Å². The second kappa shape index (κ2) is 11.0. The Balaban J connectivity index is 0.000000367. The molecule has 44 heavy (non-hydrogen) atoms. The van der Waals surface area contributed by atoms with E-state index in [0.29, 0.717) is 32.9 Å². The van der Waals surface area contributed by atoms with E-state index in [1.807, 2.05) is 4.90 Å². The molecule has 4 aliphatic heterocycles. The molecule has 6 fully saturated rings. The van der Waals surface area contributed by atoms with Gasteiger partial charge in [-0.2, -0.15) is 5.10 Å². The smallest absolute Gasteiger partial charge is 0.245 e. The molecule has 6 aliphatic rings. The molecule has 1 aromatic heterocycles. The number of fused-ring (bicyclic) bond motifs is 1. The van der Waals surface area contributed by atoms with E-state index in [9.17, 15) is 9.90 Å². The van der Waals surface area contributed by atoms with Crippen LogP contribution in [0.4, 0.5) is 11.5 Å². The van der Waals surface area contributed by atoms with Crippen molar-refractivity contribution in [3.8, 4) is 11.1 Å². The van der Waals surface area contributed by atoms with Crippen LogP contribution in [-0.2, 0) is 4.79 Å². The minimum Gasteiger partial charge on any atom is -0.398 e. The quantitative estimate of drug-likeness (QED) is 0.220. The number of nitrogen functional groups attached to an aromatic ring is 1. The van der Waals surface area contributed by atoms with E-state index in [4.69, 9.17) is 39.4 Å². The molecule has 9 nitrogen and oxygen atoms in total. The van der Waals surface area contributed by atoms with Crippen LogP contribution in [0.3, 0.4) is 0 Å². The number of aliphatic hydroxyl groups is 1. The Morgan fingerprint density at radius 1 is 1.14 bits per heavy atom. The average molecular weight is 643 g/mol. The summed E-state index contributed by atoms with van der Waals surface area (Å²) in [5, 5.41) is 23.5. The first-order valence-corrected chi connectivity index (χ1v) is 16.5. The number of amides is 1. The Morgan fingerprint density at radius 3 is 2.34 bits per heavy atom. The van der Waals surface area contributed by atoms with Crippen molar-refractivity contribution in [3.63, 3.8) is 0 Å². The SMILES string of the molecule is C=CC(=O)N1CC2(CC(n3nc(N4CCCCC4(C)C)c(-c4c(Cl)c(Cl)cc(N)c4C=N)c3C)C2)C1.CN1CC2(O)CC1C2. The van der Waals surface area contributed by atoms with Gasteiger partial charge in [0, 0.05) is 77.5 Å². The summed E-state index contributed by atoms with van der Waals surface area (Å²) in [6, 6.07) is 2.56. The highest BCUT2D eigenvalue weighted by Gasteiger charge is 2.55. The number of hydrogen-bond donors (Lipinski definition) is 3. The molecule has 1 spiro atoms. The number of hydrogen-bond acceptors (Lipinski definition) is 7. The first-order chi connectivity index (χ1) is 20.7. The molecule has 8 rings (SSSR count). The zero-order valence-electron chi connectivity index (χ0n) is 26.3. The molecule has 2 aromatic rings. The Kier molecular flexibility index (Phi) is 7.88. The zero-order chi connectivity index (χ0) is 31.8. The van der Waals surface area contributed by atoms with Gasteiger partial charge in [0.25, 0.3) is 0 Å². The molecule has 0 radical (unpaired) electrons. The van der Waals surface area contributed by atoms with Gasteiger partial charge in [-0.15, -0.1) is 0 Å². The summed E-state index contributed by atoms with van der Waals surface area (Å²) in [6.45, 7) is 13.6. The number of piperidine rings is 1. The highest BCUT2D eigenvalue weighted by Crippen LogP contribution is 2.56. The molecule has 0 unspecified atom stereocenters. The number of likely N-dealkylation sites (N-methyl/N-ethyl adjacent to an activating group) is 1. The van der Waals surface area contributed by atoms with E-state index >= 15 is 0 Å². The number of carbonyl (C=O) groups excluding carboxylic acids is 1. The third kappa shape index (κ3) is 5.13. The number of nitrogens with zero attached hydrogens (tertiary/aromatic N) is 5. The molecule has 2 bridgehead atoms. The third-order valence-electron chi connectivity index (χ3n) is 10.8. The van der Waals surface area contributed by atoms with Crippen molar-refractivity contribution in [3.05, 3.63) is 40.0 Å². The molecule has 2 aliphatic carbocycles. The molecule has 1 aromatic carbocycles. The maximum absolute atomic E-state index is 11.9. The molecule has 4 N–H and O–H groups in total. The van der Waals surface area contributed by atoms with Crippen LogP contribution < -0.4 is 10.6 Å². The number of anilines is 2. The lowest BCUT2D eigenvalue weighted by Gasteiger charge is -2.58. The number of aromatic nitrogens is 2. The monoisotopic (exact) mass is 641 g/mol. The fourth-order valence-corrected chi connectivity index (χ4v) is 8.79. The maximum Gasteiger partial charge on any atom is 0.245 e. The first kappa shape index (κ1) is 31.4. The largest absolute Gasteiger partial charge is 0.398 e. The van der Waals surface area contributed by atoms with E-state index in [-0.39, 0.29) is 28.5 Å². The molecular formula is C33H45Cl2N7O2. The van der Waals surface area contributed by atoms with Crippen molar-refractivity contribution in [2.75, 3.05) is 43.9 Å². The molecular weight excluding hydrogens is 597 g/mol. The van der Waals surface area contributed by atoms with Gasteiger partial charge in [-0.25, -0.2) is 0 Å². The molecule has 2 saturated carbocycles. The molecule has 238 valence electrons. The van der Waals surface area contributed by atoms with E-state index < -0.39 is 0 Å². The summed E-state index contributed by atoms with van der Waals surface area (Å²) in [6.07, 6.45) is 9.97. The molecule has 4 saturated heterocycles. The Morgan fingerprint density at radius 2 is 1.82 bits per heavy atom. The van der Waals surface area contributed by atoms with E-state index in [1.54, 1.807) is 6.07 Å². The van der Waals surface area contributed by atoms with Gasteiger partial charge < -0.3 is 30.9 Å². The molecule has 11 heteroatoms. The topological polar surface area (TPSA) is 115 Å². The fraction of sp³-hybridized carbons (Fsp3) is 0.606. The van der Waals surface area contributed by atoms with Crippen molar-refractivity contribution < 1.29 is 9.90 Å². The number of nitrogens with one attached hydrogen (secondary N) is 1. The highest BCUT2D eigenvalue weighted by atomic mass is 35.5. The van der Waals surface area contributed by atoms with Gasteiger partial charge in [0.1, 0.15) is 0 Å². The molecule has 5 heterocycles. The van der Waals surface area contributed by atoms with Crippen molar-refractivity contribution in [1.29, 1.82) is 5.41 Å². The minimum atomic E-state index is -0.264. The maximum atomic E-state index is 11.9. The first-order valence-electron chi connectivity index (χ1n) is 15.7. The number of halogens is 2. The number of carbonyl (C=O) groups is 1. The third-order valence-corrected chi connectivity index (χ3v) is 11.6. The van der Waals surface area contributed by atoms with Crippen LogP contribution in [0.15, 0.2) is 18.7 Å². The number of nitrogens with two attached hydrogens (primary N) is 1. The van der Waals surface area contributed by atoms with E-state index in [0.717, 1.165) is 81.8 Å². The minimum absolute atomic E-state index is 0.00334. The van der Waals surface area contributed by atoms with Gasteiger partial charge in [0.2, 0.25) is 5.91 Å². The van der Waals surface area contributed by atoms with Crippen LogP contribution in [0, 0.1) is 17.7 Å². The van der Waals surface area contributed by atoms with Gasteiger partial charge >= 0.3 is 0 Å². The number of benzene rings is 1. The van der Waals surface area contributed by atoms with Crippen LogP contribution in [0.2, 0.25) is 10.0 Å². The summed E-state index contributed by atoms with van der Waals surface area (Å²) >= 11 is 13.3. The Labute approximate surface area is 270 Å². The Bertz CT molecular complexity index is 1500. The van der Waals surface area contributed by atoms with Crippen molar-refractivity contribution in [2.24, 2.45) is 5.41 Å². The second-order valence-electron chi connectivity index (χ2n) is 14.5. The standard InChI is InChI=1S/C27H34Cl2N6O.C6H11NO/c1-5-21(36)33-14-27(15-33)11-17(12-27)35-16(2)22(23-18(13-30)20(31)10-19(28)24(23)29)25(32-35)34-9-7-6-8-26(34,3)4;1-7-4-6(8)2-5(7)3-6/h5,10,13,17,30H,1,6-9,11-12,14-15,31H2,2-4H3;5,8H,2-4H2,1H3. The lowest BCUT2D eigenvalue weighted by Crippen LogP contribution is -2.63. The van der Waals surface area contributed by atoms with E-state index in [2.05, 4.69) is 48.9 Å².